The first-order chi connectivity index (χ1) is 14.8. The molecule has 0 N–H and O–H groups in total. The molecule has 1 aromatic rings. The lowest BCUT2D eigenvalue weighted by atomic mass is 10.00. The lowest BCUT2D eigenvalue weighted by molar-refractivity contribution is -0.552. The fourth-order valence-electron chi connectivity index (χ4n) is 4.70. The van der Waals surface area contributed by atoms with Crippen LogP contribution in [0, 0.1) is 0 Å². The number of aliphatic imine (C=N–C) groups is 1. The molecule has 0 spiro atoms. The summed E-state index contributed by atoms with van der Waals surface area (Å²) in [6.45, 7) is 4.28. The zero-order chi connectivity index (χ0) is 22.3. The van der Waals surface area contributed by atoms with Crippen molar-refractivity contribution in [3.63, 3.8) is 0 Å². The highest BCUT2D eigenvalue weighted by molar-refractivity contribution is 6.35. The quantitative estimate of drug-likeness (QED) is 0.626. The van der Waals surface area contributed by atoms with Gasteiger partial charge in [0.1, 0.15) is 13.1 Å². The van der Waals surface area contributed by atoms with Gasteiger partial charge in [-0.25, -0.2) is 9.37 Å². The van der Waals surface area contributed by atoms with Gasteiger partial charge in [-0.15, -0.1) is 0 Å². The van der Waals surface area contributed by atoms with Gasteiger partial charge in [0, 0.05) is 35.7 Å². The Hall–Kier alpha value is -1.96. The molecule has 166 valence electrons. The number of nitrogens with zero attached hydrogens (tertiary/aromatic N) is 5. The number of likely N-dealkylation sites (N-methyl/N-ethyl adjacent to an activating group) is 2. The van der Waals surface area contributed by atoms with Crippen LogP contribution in [0.2, 0.25) is 10.0 Å². The Bertz CT molecular complexity index is 977. The van der Waals surface area contributed by atoms with E-state index in [2.05, 4.69) is 11.8 Å². The SMILES string of the molecule is CCC1CCCCN1CC1=[N+](Cc2ccc(Cl)cc2Cl)C2C(=O)N(C)C(=O)N(C)C2=N1. The van der Waals surface area contributed by atoms with E-state index in [0.717, 1.165) is 30.8 Å². The summed E-state index contributed by atoms with van der Waals surface area (Å²) >= 11 is 12.5. The molecule has 2 atom stereocenters. The standard InChI is InChI=1S/C22H28Cl2N5O2/c1-4-16-7-5-6-10-28(16)13-18-25-20-19(21(30)27(3)22(31)26(20)2)29(18)12-14-8-9-15(23)11-17(14)24/h8-9,11,16,19H,4-7,10,12-13H2,1-3H3/q+1. The molecule has 0 aliphatic carbocycles. The second-order valence-electron chi connectivity index (χ2n) is 8.42. The maximum Gasteiger partial charge on any atom is 0.333 e. The van der Waals surface area contributed by atoms with E-state index in [1.165, 1.54) is 29.7 Å². The summed E-state index contributed by atoms with van der Waals surface area (Å²) in [5.41, 5.74) is 0.862. The first-order valence-electron chi connectivity index (χ1n) is 10.8. The minimum absolute atomic E-state index is 0.271. The zero-order valence-corrected chi connectivity index (χ0v) is 19.7. The van der Waals surface area contributed by atoms with E-state index in [1.54, 1.807) is 19.2 Å². The first kappa shape index (κ1) is 22.2. The Morgan fingerprint density at radius 2 is 1.94 bits per heavy atom. The lowest BCUT2D eigenvalue weighted by Crippen LogP contribution is -2.61. The monoisotopic (exact) mass is 464 g/mol. The number of imide groups is 1. The number of rotatable bonds is 5. The molecule has 9 heteroatoms. The largest absolute Gasteiger partial charge is 0.333 e. The minimum atomic E-state index is -0.640. The highest BCUT2D eigenvalue weighted by Crippen LogP contribution is 2.27. The number of benzene rings is 1. The van der Waals surface area contributed by atoms with Gasteiger partial charge in [0.2, 0.25) is 0 Å². The first-order valence-corrected chi connectivity index (χ1v) is 11.5. The number of likely N-dealkylation sites (tertiary alicyclic amines) is 1. The number of fused-ring (bicyclic) bond motifs is 1. The van der Waals surface area contributed by atoms with Gasteiger partial charge in [-0.3, -0.25) is 19.5 Å². The van der Waals surface area contributed by atoms with E-state index in [-0.39, 0.29) is 11.9 Å². The Balaban J connectivity index is 1.73. The fraction of sp³-hybridized carbons (Fsp3) is 0.545. The summed E-state index contributed by atoms with van der Waals surface area (Å²) in [7, 11) is 3.18. The summed E-state index contributed by atoms with van der Waals surface area (Å²) in [5.74, 6) is 1.01. The molecule has 2 unspecified atom stereocenters. The van der Waals surface area contributed by atoms with Crippen LogP contribution in [-0.4, -0.2) is 82.2 Å². The summed E-state index contributed by atoms with van der Waals surface area (Å²) in [4.78, 5) is 35.6. The van der Waals surface area contributed by atoms with Crippen LogP contribution >= 0.6 is 23.2 Å². The molecular formula is C22H28Cl2N5O2+. The summed E-state index contributed by atoms with van der Waals surface area (Å²) < 4.78 is 1.99. The van der Waals surface area contributed by atoms with Crippen LogP contribution in [0.1, 0.15) is 38.2 Å². The molecule has 3 amide bonds. The number of piperidine rings is 1. The molecule has 0 radical (unpaired) electrons. The van der Waals surface area contributed by atoms with Crippen LogP contribution in [0.3, 0.4) is 0 Å². The van der Waals surface area contributed by atoms with Crippen LogP contribution in [0.4, 0.5) is 4.79 Å². The number of halogens is 2. The van der Waals surface area contributed by atoms with Gasteiger partial charge in [-0.05, 0) is 42.9 Å². The number of hydrogen-bond acceptors (Lipinski definition) is 4. The number of urea groups is 1. The van der Waals surface area contributed by atoms with Crippen molar-refractivity contribution in [2.24, 2.45) is 4.99 Å². The summed E-state index contributed by atoms with van der Waals surface area (Å²) in [5, 5.41) is 1.11. The number of amides is 3. The van der Waals surface area contributed by atoms with Gasteiger partial charge < -0.3 is 0 Å². The van der Waals surface area contributed by atoms with Crippen LogP contribution in [-0.2, 0) is 11.3 Å². The molecule has 3 aliphatic heterocycles. The predicted octanol–water partition coefficient (Wildman–Crippen LogP) is 3.47. The van der Waals surface area contributed by atoms with E-state index < -0.39 is 6.04 Å². The molecule has 3 aliphatic rings. The third-order valence-corrected chi connectivity index (χ3v) is 7.12. The smallest absolute Gasteiger partial charge is 0.289 e. The molecule has 7 nitrogen and oxygen atoms in total. The highest BCUT2D eigenvalue weighted by atomic mass is 35.5. The van der Waals surface area contributed by atoms with Crippen molar-refractivity contribution >= 4 is 46.8 Å². The van der Waals surface area contributed by atoms with Gasteiger partial charge in [-0.2, -0.15) is 0 Å². The van der Waals surface area contributed by atoms with E-state index in [4.69, 9.17) is 28.2 Å². The maximum absolute atomic E-state index is 13.1. The molecule has 2 fully saturated rings. The van der Waals surface area contributed by atoms with Gasteiger partial charge in [0.15, 0.2) is 0 Å². The second-order valence-corrected chi connectivity index (χ2v) is 9.26. The fourth-order valence-corrected chi connectivity index (χ4v) is 5.17. The average Bonchev–Trinajstić information content (AvgIpc) is 3.11. The van der Waals surface area contributed by atoms with Crippen LogP contribution in [0.25, 0.3) is 0 Å². The molecule has 4 rings (SSSR count). The number of carbonyl (C=O) groups excluding carboxylic acids is 2. The summed E-state index contributed by atoms with van der Waals surface area (Å²) in [6, 6.07) is 4.87. The van der Waals surface area contributed by atoms with Gasteiger partial charge in [0.25, 0.3) is 17.8 Å². The third kappa shape index (κ3) is 4.11. The second kappa shape index (κ2) is 8.88. The maximum atomic E-state index is 13.1. The average molecular weight is 465 g/mol. The van der Waals surface area contributed by atoms with Crippen LogP contribution in [0.5, 0.6) is 0 Å². The third-order valence-electron chi connectivity index (χ3n) is 6.53. The lowest BCUT2D eigenvalue weighted by Gasteiger charge is -2.34. The minimum Gasteiger partial charge on any atom is -0.289 e. The molecule has 0 bridgehead atoms. The molecule has 0 saturated carbocycles. The van der Waals surface area contributed by atoms with Crippen molar-refractivity contribution in [1.82, 2.24) is 14.7 Å². The van der Waals surface area contributed by atoms with Gasteiger partial charge >= 0.3 is 11.9 Å². The molecule has 31 heavy (non-hydrogen) atoms. The van der Waals surface area contributed by atoms with Crippen molar-refractivity contribution in [3.8, 4) is 0 Å². The van der Waals surface area contributed by atoms with Crippen molar-refractivity contribution < 1.29 is 14.2 Å². The predicted molar refractivity (Wildman–Crippen MR) is 122 cm³/mol. The molecule has 1 aromatic carbocycles. The Morgan fingerprint density at radius 1 is 1.16 bits per heavy atom. The molecule has 3 heterocycles. The van der Waals surface area contributed by atoms with E-state index in [1.807, 2.05) is 10.6 Å². The van der Waals surface area contributed by atoms with Crippen LogP contribution in [0.15, 0.2) is 23.2 Å². The number of carbonyl (C=O) groups is 2. The van der Waals surface area contributed by atoms with E-state index in [0.29, 0.717) is 35.0 Å². The molecule has 0 aromatic heterocycles. The van der Waals surface area contributed by atoms with Crippen molar-refractivity contribution in [2.45, 2.75) is 51.2 Å². The van der Waals surface area contributed by atoms with Gasteiger partial charge in [0.05, 0.1) is 0 Å². The topological polar surface area (TPSA) is 59.2 Å². The van der Waals surface area contributed by atoms with E-state index >= 15 is 0 Å². The van der Waals surface area contributed by atoms with E-state index in [9.17, 15) is 9.59 Å². The number of amidine groups is 2. The zero-order valence-electron chi connectivity index (χ0n) is 18.1. The number of hydrogen-bond donors (Lipinski definition) is 0. The Morgan fingerprint density at radius 3 is 2.65 bits per heavy atom. The molecular weight excluding hydrogens is 437 g/mol. The van der Waals surface area contributed by atoms with Crippen molar-refractivity contribution in [1.29, 1.82) is 0 Å². The molecule has 2 saturated heterocycles. The Labute approximate surface area is 192 Å². The Kier molecular flexibility index (Phi) is 6.37. The summed E-state index contributed by atoms with van der Waals surface area (Å²) in [6.07, 6.45) is 4.65. The normalized spacial score (nSPS) is 24.7. The van der Waals surface area contributed by atoms with Crippen LogP contribution < -0.4 is 0 Å². The van der Waals surface area contributed by atoms with Gasteiger partial charge in [-0.1, -0.05) is 42.6 Å². The van der Waals surface area contributed by atoms with Crippen molar-refractivity contribution in [3.05, 3.63) is 33.8 Å². The highest BCUT2D eigenvalue weighted by Gasteiger charge is 2.53. The van der Waals surface area contributed by atoms with Crippen molar-refractivity contribution in [2.75, 3.05) is 27.2 Å².